The number of halogens is 3. The van der Waals surface area contributed by atoms with Gasteiger partial charge in [0.15, 0.2) is 0 Å². The molecule has 1 aliphatic carbocycles. The Hall–Kier alpha value is -4.44. The minimum Gasteiger partial charge on any atom is -0.345 e. The topological polar surface area (TPSA) is 73.4 Å². The maximum atomic E-state index is 12.8. The molecule has 2 unspecified atom stereocenters. The van der Waals surface area contributed by atoms with E-state index in [1.54, 1.807) is 6.20 Å². The Morgan fingerprint density at radius 2 is 1.93 bits per heavy atom. The summed E-state index contributed by atoms with van der Waals surface area (Å²) in [5, 5.41) is 9.70. The molecule has 3 aromatic rings. The third-order valence-corrected chi connectivity index (χ3v) is 7.68. The third-order valence-electron chi connectivity index (χ3n) is 7.68. The summed E-state index contributed by atoms with van der Waals surface area (Å²) in [5.41, 5.74) is 7.87. The first-order valence-corrected chi connectivity index (χ1v) is 13.4. The van der Waals surface area contributed by atoms with E-state index in [-0.39, 0.29) is 6.04 Å². The van der Waals surface area contributed by atoms with Crippen molar-refractivity contribution in [3.63, 3.8) is 0 Å². The first kappa shape index (κ1) is 26.8. The second-order valence-electron chi connectivity index (χ2n) is 10.5. The van der Waals surface area contributed by atoms with Crippen molar-refractivity contribution in [2.24, 2.45) is 0 Å². The highest BCUT2D eigenvalue weighted by Crippen LogP contribution is 2.45. The molecule has 1 amide bonds. The van der Waals surface area contributed by atoms with Gasteiger partial charge in [0.1, 0.15) is 0 Å². The van der Waals surface area contributed by atoms with Crippen molar-refractivity contribution >= 4 is 23.1 Å². The van der Waals surface area contributed by atoms with Crippen LogP contribution in [-0.4, -0.2) is 45.2 Å². The van der Waals surface area contributed by atoms with Crippen LogP contribution in [0.25, 0.3) is 5.57 Å². The Morgan fingerprint density at radius 3 is 2.73 bits per heavy atom. The molecule has 0 radical (unpaired) electrons. The number of aromatic nitrogens is 2. The summed E-state index contributed by atoms with van der Waals surface area (Å²) < 4.78 is 38.3. The van der Waals surface area contributed by atoms with Crippen molar-refractivity contribution in [2.45, 2.75) is 44.4 Å². The van der Waals surface area contributed by atoms with Crippen LogP contribution >= 0.6 is 0 Å². The number of carbonyl (C=O) groups excluding carboxylic acids is 1. The molecule has 0 bridgehead atoms. The maximum Gasteiger partial charge on any atom is 0.471 e. The molecule has 1 aromatic heterocycles. The van der Waals surface area contributed by atoms with Crippen LogP contribution in [0.15, 0.2) is 84.9 Å². The van der Waals surface area contributed by atoms with Gasteiger partial charge in [-0.15, -0.1) is 0 Å². The van der Waals surface area contributed by atoms with Crippen molar-refractivity contribution in [3.8, 4) is 0 Å². The maximum absolute atomic E-state index is 12.8. The molecule has 2 aliphatic heterocycles. The summed E-state index contributed by atoms with van der Waals surface area (Å²) in [4.78, 5) is 20.8. The average molecular weight is 559 g/mol. The van der Waals surface area contributed by atoms with E-state index in [0.29, 0.717) is 25.2 Å². The van der Waals surface area contributed by atoms with Crippen molar-refractivity contribution in [2.75, 3.05) is 12.4 Å². The fraction of sp³-hybridized carbons (Fsp3) is 0.258. The first-order chi connectivity index (χ1) is 19.7. The molecule has 0 saturated carbocycles. The molecule has 2 N–H and O–H groups in total. The minimum absolute atomic E-state index is 0.0624. The molecule has 0 saturated heterocycles. The monoisotopic (exact) mass is 558 g/mol. The van der Waals surface area contributed by atoms with Crippen LogP contribution in [0.5, 0.6) is 0 Å². The summed E-state index contributed by atoms with van der Waals surface area (Å²) in [5.74, 6) is -1.49. The Labute approximate surface area is 236 Å². The minimum atomic E-state index is -4.89. The standard InChI is InChI=1S/C31H29F3N6O/c1-19-6-5-7-21(16-19)28-27(26-8-3-4-15-40(26)39(28)2)25-13-14-35-30(38-25)37-24-12-10-20-9-11-23(17-22(20)18-24)36-29(41)31(32,33)34/h3-8,10,12-16,18,23,28H,9,11,17H2,1-2H3,(H,36,41)(H,35,37,38). The van der Waals surface area contributed by atoms with Gasteiger partial charge in [-0.2, -0.15) is 13.2 Å². The van der Waals surface area contributed by atoms with Gasteiger partial charge in [0.05, 0.1) is 17.4 Å². The van der Waals surface area contributed by atoms with Gasteiger partial charge in [0, 0.05) is 36.7 Å². The number of rotatable bonds is 5. The smallest absolute Gasteiger partial charge is 0.345 e. The predicted octanol–water partition coefficient (Wildman–Crippen LogP) is 5.76. The number of hydrogen-bond donors (Lipinski definition) is 2. The Bertz CT molecular complexity index is 1590. The number of amides is 1. The first-order valence-electron chi connectivity index (χ1n) is 13.4. The number of nitrogens with one attached hydrogen (secondary N) is 2. The van der Waals surface area contributed by atoms with Gasteiger partial charge in [-0.3, -0.25) is 9.80 Å². The van der Waals surface area contributed by atoms with Gasteiger partial charge in [0.25, 0.3) is 0 Å². The fourth-order valence-electron chi connectivity index (χ4n) is 5.79. The summed E-state index contributed by atoms with van der Waals surface area (Å²) in [7, 11) is 2.06. The Kier molecular flexibility index (Phi) is 6.86. The van der Waals surface area contributed by atoms with Crippen LogP contribution in [0.3, 0.4) is 0 Å². The lowest BCUT2D eigenvalue weighted by atomic mass is 9.88. The van der Waals surface area contributed by atoms with E-state index in [1.807, 2.05) is 42.6 Å². The van der Waals surface area contributed by atoms with E-state index in [4.69, 9.17) is 4.98 Å². The largest absolute Gasteiger partial charge is 0.471 e. The highest BCUT2D eigenvalue weighted by molar-refractivity contribution is 5.82. The molecule has 3 heterocycles. The molecule has 6 rings (SSSR count). The summed E-state index contributed by atoms with van der Waals surface area (Å²) in [6, 6.07) is 15.5. The lowest BCUT2D eigenvalue weighted by molar-refractivity contribution is -0.174. The molecular weight excluding hydrogens is 529 g/mol. The normalized spacial score (nSPS) is 20.2. The number of benzene rings is 2. The number of anilines is 2. The van der Waals surface area contributed by atoms with Gasteiger partial charge < -0.3 is 10.6 Å². The van der Waals surface area contributed by atoms with E-state index in [0.717, 1.165) is 39.3 Å². The predicted molar refractivity (Wildman–Crippen MR) is 150 cm³/mol. The number of likely N-dealkylation sites (N-methyl/N-ethyl adjacent to an activating group) is 1. The number of fused-ring (bicyclic) bond motifs is 2. The highest BCUT2D eigenvalue weighted by atomic mass is 19.4. The van der Waals surface area contributed by atoms with Crippen molar-refractivity contribution in [1.82, 2.24) is 25.3 Å². The number of hydrogen-bond acceptors (Lipinski definition) is 6. The van der Waals surface area contributed by atoms with Gasteiger partial charge in [-0.05, 0) is 73.2 Å². The number of allylic oxidation sites excluding steroid dienone is 3. The van der Waals surface area contributed by atoms with Crippen LogP contribution < -0.4 is 10.6 Å². The van der Waals surface area contributed by atoms with E-state index < -0.39 is 18.1 Å². The van der Waals surface area contributed by atoms with Crippen LogP contribution in [0, 0.1) is 6.92 Å². The van der Waals surface area contributed by atoms with Crippen molar-refractivity contribution < 1.29 is 18.0 Å². The van der Waals surface area contributed by atoms with Crippen LogP contribution in [0.2, 0.25) is 0 Å². The Morgan fingerprint density at radius 1 is 1.07 bits per heavy atom. The van der Waals surface area contributed by atoms with Crippen LogP contribution in [0.4, 0.5) is 24.8 Å². The Balaban J connectivity index is 1.28. The second-order valence-corrected chi connectivity index (χ2v) is 10.5. The molecule has 0 fully saturated rings. The van der Waals surface area contributed by atoms with Gasteiger partial charge in [-0.25, -0.2) is 15.0 Å². The van der Waals surface area contributed by atoms with E-state index >= 15 is 0 Å². The lowest BCUT2D eigenvalue weighted by Crippen LogP contribution is -2.45. The third kappa shape index (κ3) is 5.35. The van der Waals surface area contributed by atoms with E-state index in [2.05, 4.69) is 69.9 Å². The fourth-order valence-corrected chi connectivity index (χ4v) is 5.79. The van der Waals surface area contributed by atoms with Gasteiger partial charge >= 0.3 is 12.1 Å². The highest BCUT2D eigenvalue weighted by Gasteiger charge is 2.40. The SMILES string of the molecule is Cc1cccc(C2C(c3ccnc(Nc4ccc5c(c4)CC(NC(=O)C(F)(F)F)CC5)n3)=C3C=CC=CN3N2C)c1. The number of nitrogens with zero attached hydrogens (tertiary/aromatic N) is 4. The second kappa shape index (κ2) is 10.5. The molecule has 10 heteroatoms. The van der Waals surface area contributed by atoms with Crippen LogP contribution in [0.1, 0.15) is 40.4 Å². The zero-order valence-corrected chi connectivity index (χ0v) is 22.6. The molecule has 41 heavy (non-hydrogen) atoms. The number of carbonyl (C=O) groups is 1. The lowest BCUT2D eigenvalue weighted by Gasteiger charge is -2.30. The van der Waals surface area contributed by atoms with Crippen LogP contribution in [-0.2, 0) is 17.6 Å². The molecule has 7 nitrogen and oxygen atoms in total. The quantitative estimate of drug-likeness (QED) is 0.415. The van der Waals surface area contributed by atoms with Crippen molar-refractivity contribution in [1.29, 1.82) is 0 Å². The van der Waals surface area contributed by atoms with E-state index in [1.165, 1.54) is 5.56 Å². The number of aryl methyl sites for hydroxylation is 2. The van der Waals surface area contributed by atoms with Gasteiger partial charge in [0.2, 0.25) is 5.95 Å². The molecule has 2 atom stereocenters. The molecule has 0 spiro atoms. The average Bonchev–Trinajstić information content (AvgIpc) is 3.25. The number of alkyl halides is 3. The molecule has 2 aromatic carbocycles. The summed E-state index contributed by atoms with van der Waals surface area (Å²) in [6.07, 6.45) is 6.32. The molecule has 3 aliphatic rings. The summed E-state index contributed by atoms with van der Waals surface area (Å²) >= 11 is 0. The van der Waals surface area contributed by atoms with E-state index in [9.17, 15) is 18.0 Å². The molecular formula is C31H29F3N6O. The number of hydrazine groups is 1. The van der Waals surface area contributed by atoms with Crippen molar-refractivity contribution in [3.05, 3.63) is 113 Å². The summed E-state index contributed by atoms with van der Waals surface area (Å²) in [6.45, 7) is 2.08. The zero-order valence-electron chi connectivity index (χ0n) is 22.6. The molecule has 210 valence electrons. The zero-order chi connectivity index (χ0) is 28.7. The van der Waals surface area contributed by atoms with Gasteiger partial charge in [-0.1, -0.05) is 42.0 Å².